The van der Waals surface area contributed by atoms with Gasteiger partial charge in [0, 0.05) is 24.4 Å². The van der Waals surface area contributed by atoms with Crippen molar-refractivity contribution in [1.82, 2.24) is 20.1 Å². The second-order valence-electron chi connectivity index (χ2n) is 7.41. The number of carbonyl (C=O) groups excluding carboxylic acids is 1. The molecule has 7 nitrogen and oxygen atoms in total. The number of pyridine rings is 1. The highest BCUT2D eigenvalue weighted by molar-refractivity contribution is 5.83. The maximum absolute atomic E-state index is 12.5. The van der Waals surface area contributed by atoms with Gasteiger partial charge in [-0.2, -0.15) is 5.10 Å². The van der Waals surface area contributed by atoms with E-state index in [1.54, 1.807) is 11.7 Å². The van der Waals surface area contributed by atoms with Crippen LogP contribution in [-0.2, 0) is 18.3 Å². The van der Waals surface area contributed by atoms with Crippen molar-refractivity contribution < 1.29 is 9.53 Å². The summed E-state index contributed by atoms with van der Waals surface area (Å²) in [7, 11) is 1.80. The van der Waals surface area contributed by atoms with Crippen LogP contribution in [0.15, 0.2) is 23.0 Å². The molecule has 3 rings (SSSR count). The molecular formula is C22H28N4O3. The van der Waals surface area contributed by atoms with Gasteiger partial charge in [-0.1, -0.05) is 18.2 Å². The zero-order valence-electron chi connectivity index (χ0n) is 17.7. The minimum Gasteiger partial charge on any atom is -0.491 e. The van der Waals surface area contributed by atoms with Gasteiger partial charge in [-0.05, 0) is 50.8 Å². The summed E-state index contributed by atoms with van der Waals surface area (Å²) in [6.07, 6.45) is 0.632. The quantitative estimate of drug-likeness (QED) is 0.601. The van der Waals surface area contributed by atoms with Gasteiger partial charge in [0.05, 0.1) is 12.2 Å². The second kappa shape index (κ2) is 8.51. The van der Waals surface area contributed by atoms with Crippen LogP contribution in [0.5, 0.6) is 5.75 Å². The SMILES string of the molecule is Cc1cccc(C)c1OCCNC(=O)CCc1c(C)c2c(C)nn(C)c2[nH]c1=O. The highest BCUT2D eigenvalue weighted by atomic mass is 16.5. The largest absolute Gasteiger partial charge is 0.491 e. The van der Waals surface area contributed by atoms with E-state index in [0.29, 0.717) is 30.8 Å². The molecule has 1 amide bonds. The number of hydrogen-bond acceptors (Lipinski definition) is 4. The molecule has 2 heterocycles. The van der Waals surface area contributed by atoms with E-state index in [0.717, 1.165) is 33.5 Å². The first-order chi connectivity index (χ1) is 13.8. The standard InChI is InChI=1S/C22H28N4O3/c1-13-7-6-8-14(2)20(13)29-12-11-23-18(27)10-9-17-15(3)19-16(4)25-26(5)21(19)24-22(17)28/h6-8H,9-12H2,1-5H3,(H,23,27)(H,24,28). The Hall–Kier alpha value is -3.09. The smallest absolute Gasteiger partial charge is 0.253 e. The predicted molar refractivity (Wildman–Crippen MR) is 114 cm³/mol. The Balaban J connectivity index is 1.56. The third kappa shape index (κ3) is 4.34. The average molecular weight is 396 g/mol. The number of aryl methyl sites for hydroxylation is 5. The summed E-state index contributed by atoms with van der Waals surface area (Å²) in [4.78, 5) is 27.6. The summed E-state index contributed by atoms with van der Waals surface area (Å²) < 4.78 is 7.48. The van der Waals surface area contributed by atoms with Crippen molar-refractivity contribution in [2.24, 2.45) is 7.05 Å². The first-order valence-electron chi connectivity index (χ1n) is 9.80. The molecule has 0 aliphatic heterocycles. The number of aromatic nitrogens is 3. The molecule has 0 radical (unpaired) electrons. The number of para-hydroxylation sites is 1. The summed E-state index contributed by atoms with van der Waals surface area (Å²) in [5.74, 6) is 0.765. The van der Waals surface area contributed by atoms with Crippen molar-refractivity contribution in [2.45, 2.75) is 40.5 Å². The molecule has 0 bridgehead atoms. The Labute approximate surface area is 170 Å². The number of aromatic amines is 1. The number of carbonyl (C=O) groups is 1. The summed E-state index contributed by atoms with van der Waals surface area (Å²) in [5.41, 5.74) is 5.09. The topological polar surface area (TPSA) is 89.0 Å². The van der Waals surface area contributed by atoms with Crippen LogP contribution in [0.1, 0.15) is 34.4 Å². The average Bonchev–Trinajstić information content (AvgIpc) is 2.94. The molecule has 2 aromatic heterocycles. The van der Waals surface area contributed by atoms with Gasteiger partial charge in [-0.15, -0.1) is 0 Å². The third-order valence-corrected chi connectivity index (χ3v) is 5.24. The Morgan fingerprint density at radius 2 is 1.90 bits per heavy atom. The number of nitrogens with one attached hydrogen (secondary N) is 2. The number of rotatable bonds is 7. The molecule has 0 atom stereocenters. The molecule has 0 saturated carbocycles. The fraction of sp³-hybridized carbons (Fsp3) is 0.409. The first-order valence-corrected chi connectivity index (χ1v) is 9.80. The van der Waals surface area contributed by atoms with Crippen LogP contribution in [0.3, 0.4) is 0 Å². The third-order valence-electron chi connectivity index (χ3n) is 5.24. The van der Waals surface area contributed by atoms with E-state index in [1.807, 2.05) is 45.9 Å². The fourth-order valence-electron chi connectivity index (χ4n) is 3.75. The minimum absolute atomic E-state index is 0.100. The Morgan fingerprint density at radius 1 is 1.21 bits per heavy atom. The number of benzene rings is 1. The summed E-state index contributed by atoms with van der Waals surface area (Å²) in [6.45, 7) is 8.65. The van der Waals surface area contributed by atoms with Crippen molar-refractivity contribution >= 4 is 16.9 Å². The summed E-state index contributed by atoms with van der Waals surface area (Å²) in [6, 6.07) is 6.00. The van der Waals surface area contributed by atoms with Crippen LogP contribution in [0.2, 0.25) is 0 Å². The molecule has 3 aromatic rings. The van der Waals surface area contributed by atoms with E-state index >= 15 is 0 Å². The van der Waals surface area contributed by atoms with E-state index in [-0.39, 0.29) is 17.9 Å². The molecular weight excluding hydrogens is 368 g/mol. The lowest BCUT2D eigenvalue weighted by Crippen LogP contribution is -2.29. The van der Waals surface area contributed by atoms with Crippen LogP contribution in [0.25, 0.3) is 11.0 Å². The maximum atomic E-state index is 12.5. The van der Waals surface area contributed by atoms with E-state index in [4.69, 9.17) is 4.74 Å². The molecule has 154 valence electrons. The van der Waals surface area contributed by atoms with Crippen LogP contribution in [0.4, 0.5) is 0 Å². The highest BCUT2D eigenvalue weighted by Crippen LogP contribution is 2.22. The predicted octanol–water partition coefficient (Wildman–Crippen LogP) is 2.62. The molecule has 0 saturated heterocycles. The number of fused-ring (bicyclic) bond motifs is 1. The number of amides is 1. The molecule has 1 aromatic carbocycles. The lowest BCUT2D eigenvalue weighted by molar-refractivity contribution is -0.121. The van der Waals surface area contributed by atoms with Gasteiger partial charge in [0.2, 0.25) is 5.91 Å². The van der Waals surface area contributed by atoms with Crippen molar-refractivity contribution in [3.8, 4) is 5.75 Å². The zero-order valence-corrected chi connectivity index (χ0v) is 17.7. The van der Waals surface area contributed by atoms with Gasteiger partial charge in [0.25, 0.3) is 5.56 Å². The molecule has 0 aliphatic carbocycles. The van der Waals surface area contributed by atoms with Crippen LogP contribution in [-0.4, -0.2) is 33.8 Å². The van der Waals surface area contributed by atoms with E-state index in [2.05, 4.69) is 15.4 Å². The summed E-state index contributed by atoms with van der Waals surface area (Å²) >= 11 is 0. The number of hydrogen-bond donors (Lipinski definition) is 2. The number of nitrogens with zero attached hydrogens (tertiary/aromatic N) is 2. The molecule has 7 heteroatoms. The van der Waals surface area contributed by atoms with Crippen molar-refractivity contribution in [3.05, 3.63) is 56.5 Å². The van der Waals surface area contributed by atoms with Gasteiger partial charge in [-0.3, -0.25) is 14.3 Å². The molecule has 29 heavy (non-hydrogen) atoms. The van der Waals surface area contributed by atoms with E-state index in [9.17, 15) is 9.59 Å². The van der Waals surface area contributed by atoms with Crippen LogP contribution < -0.4 is 15.6 Å². The second-order valence-corrected chi connectivity index (χ2v) is 7.41. The molecule has 0 aliphatic rings. The Morgan fingerprint density at radius 3 is 2.59 bits per heavy atom. The highest BCUT2D eigenvalue weighted by Gasteiger charge is 2.15. The van der Waals surface area contributed by atoms with E-state index in [1.165, 1.54) is 0 Å². The van der Waals surface area contributed by atoms with Gasteiger partial charge < -0.3 is 15.0 Å². The minimum atomic E-state index is -0.163. The molecule has 2 N–H and O–H groups in total. The lowest BCUT2D eigenvalue weighted by atomic mass is 10.0. The lowest BCUT2D eigenvalue weighted by Gasteiger charge is -2.12. The van der Waals surface area contributed by atoms with Crippen molar-refractivity contribution in [1.29, 1.82) is 0 Å². The monoisotopic (exact) mass is 396 g/mol. The van der Waals surface area contributed by atoms with Gasteiger partial charge in [0.15, 0.2) is 0 Å². The van der Waals surface area contributed by atoms with Crippen LogP contribution in [0, 0.1) is 27.7 Å². The van der Waals surface area contributed by atoms with Crippen LogP contribution >= 0.6 is 0 Å². The number of H-pyrrole nitrogens is 1. The van der Waals surface area contributed by atoms with E-state index < -0.39 is 0 Å². The maximum Gasteiger partial charge on any atom is 0.253 e. The van der Waals surface area contributed by atoms with Crippen molar-refractivity contribution in [2.75, 3.05) is 13.2 Å². The van der Waals surface area contributed by atoms with Gasteiger partial charge in [0.1, 0.15) is 18.0 Å². The fourth-order valence-corrected chi connectivity index (χ4v) is 3.75. The van der Waals surface area contributed by atoms with Crippen molar-refractivity contribution in [3.63, 3.8) is 0 Å². The van der Waals surface area contributed by atoms with Gasteiger partial charge >= 0.3 is 0 Å². The molecule has 0 spiro atoms. The molecule has 0 unspecified atom stereocenters. The zero-order chi connectivity index (χ0) is 21.1. The molecule has 0 fully saturated rings. The summed E-state index contributed by atoms with van der Waals surface area (Å²) in [5, 5.41) is 8.18. The normalized spacial score (nSPS) is 11.1. The van der Waals surface area contributed by atoms with Gasteiger partial charge in [-0.25, -0.2) is 0 Å². The Kier molecular flexibility index (Phi) is 6.06. The number of ether oxygens (including phenoxy) is 1. The first kappa shape index (κ1) is 20.6. The Bertz CT molecular complexity index is 1090.